The molecular formula is C9H18N2O. The molecule has 0 amide bonds. The number of rotatable bonds is 0. The second-order valence-electron chi connectivity index (χ2n) is 4.27. The number of aliphatic hydroxyl groups is 1. The SMILES string of the molecule is CC1CN2CC(O)CN1C(C)C2. The van der Waals surface area contributed by atoms with Crippen molar-refractivity contribution in [3.05, 3.63) is 0 Å². The molecule has 3 aliphatic heterocycles. The van der Waals surface area contributed by atoms with Crippen LogP contribution in [0.4, 0.5) is 0 Å². The van der Waals surface area contributed by atoms with Crippen LogP contribution in [0.2, 0.25) is 0 Å². The Morgan fingerprint density at radius 2 is 1.58 bits per heavy atom. The number of aliphatic hydroxyl groups excluding tert-OH is 1. The van der Waals surface area contributed by atoms with E-state index < -0.39 is 0 Å². The van der Waals surface area contributed by atoms with Gasteiger partial charge in [-0.05, 0) is 13.8 Å². The second-order valence-corrected chi connectivity index (χ2v) is 4.27. The molecule has 1 N–H and O–H groups in total. The van der Waals surface area contributed by atoms with E-state index in [1.165, 1.54) is 0 Å². The number of fused-ring (bicyclic) bond motifs is 4. The molecule has 3 saturated heterocycles. The predicted molar refractivity (Wildman–Crippen MR) is 48.1 cm³/mol. The molecule has 3 heterocycles. The molecule has 3 unspecified atom stereocenters. The summed E-state index contributed by atoms with van der Waals surface area (Å²) in [6.07, 6.45) is -0.139. The van der Waals surface area contributed by atoms with Gasteiger partial charge in [-0.1, -0.05) is 0 Å². The lowest BCUT2D eigenvalue weighted by Gasteiger charge is -2.40. The Labute approximate surface area is 74.0 Å². The topological polar surface area (TPSA) is 26.7 Å². The number of hydrogen-bond acceptors (Lipinski definition) is 3. The summed E-state index contributed by atoms with van der Waals surface area (Å²) in [4.78, 5) is 4.80. The van der Waals surface area contributed by atoms with Crippen LogP contribution >= 0.6 is 0 Å². The van der Waals surface area contributed by atoms with Gasteiger partial charge in [0.25, 0.3) is 0 Å². The molecular weight excluding hydrogens is 152 g/mol. The van der Waals surface area contributed by atoms with Crippen LogP contribution in [0.1, 0.15) is 13.8 Å². The van der Waals surface area contributed by atoms with E-state index >= 15 is 0 Å². The van der Waals surface area contributed by atoms with E-state index in [9.17, 15) is 5.11 Å². The molecule has 0 spiro atoms. The summed E-state index contributed by atoms with van der Waals surface area (Å²) in [6.45, 7) is 8.48. The minimum absolute atomic E-state index is 0.139. The summed E-state index contributed by atoms with van der Waals surface area (Å²) in [5.74, 6) is 0. The maximum Gasteiger partial charge on any atom is 0.0794 e. The van der Waals surface area contributed by atoms with Crippen molar-refractivity contribution >= 4 is 0 Å². The lowest BCUT2D eigenvalue weighted by molar-refractivity contribution is 0.0705. The van der Waals surface area contributed by atoms with E-state index in [0.29, 0.717) is 12.1 Å². The summed E-state index contributed by atoms with van der Waals surface area (Å²) in [5.41, 5.74) is 0. The van der Waals surface area contributed by atoms with Gasteiger partial charge in [0.05, 0.1) is 6.10 Å². The minimum atomic E-state index is -0.139. The van der Waals surface area contributed by atoms with Crippen molar-refractivity contribution in [1.29, 1.82) is 0 Å². The first kappa shape index (κ1) is 8.48. The Bertz CT molecular complexity index is 159. The highest BCUT2D eigenvalue weighted by atomic mass is 16.3. The first-order valence-electron chi connectivity index (χ1n) is 4.83. The molecule has 0 saturated carbocycles. The van der Waals surface area contributed by atoms with Gasteiger partial charge in [0.2, 0.25) is 0 Å². The molecule has 2 bridgehead atoms. The van der Waals surface area contributed by atoms with Crippen molar-refractivity contribution in [2.45, 2.75) is 32.0 Å². The van der Waals surface area contributed by atoms with E-state index in [1.54, 1.807) is 0 Å². The molecule has 3 heteroatoms. The maximum absolute atomic E-state index is 9.62. The molecule has 3 nitrogen and oxygen atoms in total. The second kappa shape index (κ2) is 2.98. The predicted octanol–water partition coefficient (Wildman–Crippen LogP) is -0.245. The van der Waals surface area contributed by atoms with Crippen LogP contribution in [0.3, 0.4) is 0 Å². The van der Waals surface area contributed by atoms with Gasteiger partial charge >= 0.3 is 0 Å². The zero-order chi connectivity index (χ0) is 8.72. The quantitative estimate of drug-likeness (QED) is 0.543. The molecule has 3 rings (SSSR count). The van der Waals surface area contributed by atoms with Gasteiger partial charge in [-0.25, -0.2) is 0 Å². The molecule has 3 aliphatic rings. The van der Waals surface area contributed by atoms with Crippen LogP contribution in [0, 0.1) is 0 Å². The van der Waals surface area contributed by atoms with E-state index in [-0.39, 0.29) is 6.10 Å². The van der Waals surface area contributed by atoms with Crippen LogP contribution in [0.25, 0.3) is 0 Å². The van der Waals surface area contributed by atoms with Gasteiger partial charge < -0.3 is 5.11 Å². The van der Waals surface area contributed by atoms with Crippen molar-refractivity contribution in [1.82, 2.24) is 9.80 Å². The van der Waals surface area contributed by atoms with Crippen molar-refractivity contribution in [2.75, 3.05) is 26.2 Å². The molecule has 0 aromatic heterocycles. The average Bonchev–Trinajstić information content (AvgIpc) is 2.15. The molecule has 0 aromatic rings. The Kier molecular flexibility index (Phi) is 2.10. The summed E-state index contributed by atoms with van der Waals surface area (Å²) in [5, 5.41) is 9.62. The monoisotopic (exact) mass is 170 g/mol. The van der Waals surface area contributed by atoms with Crippen LogP contribution in [-0.4, -0.2) is 59.3 Å². The third kappa shape index (κ3) is 1.37. The van der Waals surface area contributed by atoms with Crippen molar-refractivity contribution in [2.24, 2.45) is 0 Å². The standard InChI is InChI=1S/C9H18N2O/c1-7-3-10-4-8(2)11(7)6-9(12)5-10/h7-9,12H,3-6H2,1-2H3. The average molecular weight is 170 g/mol. The molecule has 3 fully saturated rings. The Morgan fingerprint density at radius 3 is 2.17 bits per heavy atom. The van der Waals surface area contributed by atoms with Gasteiger partial charge in [-0.15, -0.1) is 0 Å². The van der Waals surface area contributed by atoms with Crippen LogP contribution in [0.15, 0.2) is 0 Å². The van der Waals surface area contributed by atoms with Gasteiger partial charge in [0.1, 0.15) is 0 Å². The van der Waals surface area contributed by atoms with Crippen LogP contribution in [-0.2, 0) is 0 Å². The summed E-state index contributed by atoms with van der Waals surface area (Å²) < 4.78 is 0. The Morgan fingerprint density at radius 1 is 1.00 bits per heavy atom. The highest BCUT2D eigenvalue weighted by molar-refractivity contribution is 4.91. The minimum Gasteiger partial charge on any atom is -0.390 e. The molecule has 12 heavy (non-hydrogen) atoms. The van der Waals surface area contributed by atoms with E-state index in [2.05, 4.69) is 23.6 Å². The van der Waals surface area contributed by atoms with Crippen LogP contribution in [0.5, 0.6) is 0 Å². The van der Waals surface area contributed by atoms with Gasteiger partial charge in [0.15, 0.2) is 0 Å². The molecule has 0 aromatic carbocycles. The highest BCUT2D eigenvalue weighted by Gasteiger charge is 2.34. The fourth-order valence-electron chi connectivity index (χ4n) is 2.57. The zero-order valence-electron chi connectivity index (χ0n) is 7.90. The zero-order valence-corrected chi connectivity index (χ0v) is 7.90. The normalized spacial score (nSPS) is 53.8. The summed E-state index contributed by atoms with van der Waals surface area (Å²) in [6, 6.07) is 1.23. The van der Waals surface area contributed by atoms with Crippen molar-refractivity contribution in [3.8, 4) is 0 Å². The number of hydrogen-bond donors (Lipinski definition) is 1. The first-order valence-corrected chi connectivity index (χ1v) is 4.83. The smallest absolute Gasteiger partial charge is 0.0794 e. The first-order chi connectivity index (χ1) is 5.66. The van der Waals surface area contributed by atoms with E-state index in [1.807, 2.05) is 0 Å². The molecule has 0 aliphatic carbocycles. The van der Waals surface area contributed by atoms with E-state index in [0.717, 1.165) is 26.2 Å². The lowest BCUT2D eigenvalue weighted by atomic mass is 10.1. The molecule has 0 radical (unpaired) electrons. The maximum atomic E-state index is 9.62. The summed E-state index contributed by atoms with van der Waals surface area (Å²) >= 11 is 0. The fourth-order valence-corrected chi connectivity index (χ4v) is 2.57. The number of nitrogens with zero attached hydrogens (tertiary/aromatic N) is 2. The Hall–Kier alpha value is -0.120. The fraction of sp³-hybridized carbons (Fsp3) is 1.00. The van der Waals surface area contributed by atoms with Crippen LogP contribution < -0.4 is 0 Å². The van der Waals surface area contributed by atoms with Crippen molar-refractivity contribution < 1.29 is 5.11 Å². The molecule has 3 atom stereocenters. The van der Waals surface area contributed by atoms with Gasteiger partial charge in [-0.3, -0.25) is 9.80 Å². The van der Waals surface area contributed by atoms with E-state index in [4.69, 9.17) is 0 Å². The third-order valence-corrected chi connectivity index (χ3v) is 3.07. The highest BCUT2D eigenvalue weighted by Crippen LogP contribution is 2.20. The number of piperazine rings is 1. The molecule has 70 valence electrons. The van der Waals surface area contributed by atoms with Gasteiger partial charge in [0, 0.05) is 38.3 Å². The summed E-state index contributed by atoms with van der Waals surface area (Å²) in [7, 11) is 0. The Balaban J connectivity index is 2.16. The van der Waals surface area contributed by atoms with Gasteiger partial charge in [-0.2, -0.15) is 0 Å². The third-order valence-electron chi connectivity index (χ3n) is 3.07. The lowest BCUT2D eigenvalue weighted by Crippen LogP contribution is -2.53. The van der Waals surface area contributed by atoms with Crippen molar-refractivity contribution in [3.63, 3.8) is 0 Å². The largest absolute Gasteiger partial charge is 0.390 e.